The van der Waals surface area contributed by atoms with Crippen molar-refractivity contribution >= 4 is 5.91 Å². The van der Waals surface area contributed by atoms with Gasteiger partial charge in [-0.3, -0.25) is 4.79 Å². The molecule has 2 aromatic heterocycles. The molecule has 0 aromatic carbocycles. The topological polar surface area (TPSA) is 94.5 Å². The second-order valence-electron chi connectivity index (χ2n) is 5.67. The zero-order valence-corrected chi connectivity index (χ0v) is 13.5. The molecule has 1 amide bonds. The van der Waals surface area contributed by atoms with E-state index in [0.29, 0.717) is 31.5 Å². The van der Waals surface area contributed by atoms with E-state index in [9.17, 15) is 4.79 Å². The van der Waals surface area contributed by atoms with Crippen molar-refractivity contribution in [1.82, 2.24) is 20.3 Å². The third kappa shape index (κ3) is 3.12. The summed E-state index contributed by atoms with van der Waals surface area (Å²) >= 11 is 0. The van der Waals surface area contributed by atoms with Crippen molar-refractivity contribution < 1.29 is 18.5 Å². The zero-order valence-electron chi connectivity index (χ0n) is 13.5. The van der Waals surface area contributed by atoms with Crippen LogP contribution in [0.5, 0.6) is 0 Å². The van der Waals surface area contributed by atoms with E-state index >= 15 is 0 Å². The number of carbonyl (C=O) groups excluding carboxylic acids is 1. The highest BCUT2D eigenvalue weighted by atomic mass is 16.5. The smallest absolute Gasteiger partial charge is 0.293 e. The molecule has 0 bridgehead atoms. The van der Waals surface area contributed by atoms with Crippen LogP contribution in [0.1, 0.15) is 60.3 Å². The Bertz CT molecular complexity index is 681. The van der Waals surface area contributed by atoms with Crippen LogP contribution in [0.15, 0.2) is 15.0 Å². The van der Waals surface area contributed by atoms with Gasteiger partial charge in [0.2, 0.25) is 17.5 Å². The summed E-state index contributed by atoms with van der Waals surface area (Å²) in [5.74, 6) is 1.06. The Hall–Kier alpha value is -2.22. The third-order valence-corrected chi connectivity index (χ3v) is 4.07. The van der Waals surface area contributed by atoms with Crippen molar-refractivity contribution in [3.05, 3.63) is 29.3 Å². The van der Waals surface area contributed by atoms with Gasteiger partial charge in [-0.1, -0.05) is 19.0 Å². The van der Waals surface area contributed by atoms with Crippen LogP contribution in [0.3, 0.4) is 0 Å². The molecule has 1 fully saturated rings. The summed E-state index contributed by atoms with van der Waals surface area (Å²) in [5, 5.41) is 11.8. The molecule has 1 aliphatic heterocycles. The number of carbonyl (C=O) groups is 1. The van der Waals surface area contributed by atoms with E-state index < -0.39 is 6.04 Å². The van der Waals surface area contributed by atoms with Crippen LogP contribution in [0.25, 0.3) is 0 Å². The number of rotatable bonds is 4. The molecule has 0 saturated carbocycles. The molecule has 23 heavy (non-hydrogen) atoms. The van der Waals surface area contributed by atoms with Crippen LogP contribution in [0.4, 0.5) is 0 Å². The Labute approximate surface area is 133 Å². The van der Waals surface area contributed by atoms with E-state index in [-0.39, 0.29) is 17.6 Å². The first-order chi connectivity index (χ1) is 11.1. The minimum atomic E-state index is -0.408. The lowest BCUT2D eigenvalue weighted by Crippen LogP contribution is -2.43. The van der Waals surface area contributed by atoms with Crippen LogP contribution >= 0.6 is 0 Å². The number of aromatic nitrogens is 3. The molecule has 0 radical (unpaired) electrons. The highest BCUT2D eigenvalue weighted by molar-refractivity contribution is 5.91. The number of aryl methyl sites for hydroxylation is 1. The number of hydrogen-bond acceptors (Lipinski definition) is 7. The average Bonchev–Trinajstić information content (AvgIpc) is 3.22. The largest absolute Gasteiger partial charge is 0.423 e. The fourth-order valence-corrected chi connectivity index (χ4v) is 2.47. The summed E-state index contributed by atoms with van der Waals surface area (Å²) in [7, 11) is 0. The van der Waals surface area contributed by atoms with Crippen molar-refractivity contribution in [3.63, 3.8) is 0 Å². The van der Waals surface area contributed by atoms with Crippen molar-refractivity contribution in [2.24, 2.45) is 0 Å². The van der Waals surface area contributed by atoms with Gasteiger partial charge in [0.25, 0.3) is 5.91 Å². The van der Waals surface area contributed by atoms with Gasteiger partial charge >= 0.3 is 0 Å². The van der Waals surface area contributed by atoms with Crippen molar-refractivity contribution in [1.29, 1.82) is 0 Å². The fraction of sp³-hybridized carbons (Fsp3) is 0.600. The second kappa shape index (κ2) is 6.49. The average molecular weight is 320 g/mol. The molecule has 2 atom stereocenters. The zero-order chi connectivity index (χ0) is 16.4. The summed E-state index contributed by atoms with van der Waals surface area (Å²) in [6.45, 7) is 7.04. The highest BCUT2D eigenvalue weighted by Crippen LogP contribution is 2.26. The summed E-state index contributed by atoms with van der Waals surface area (Å²) in [5.41, 5.74) is 0.786. The normalized spacial score (nSPS) is 19.8. The Balaban J connectivity index is 1.82. The first-order valence-electron chi connectivity index (χ1n) is 7.75. The molecule has 8 nitrogen and oxygen atoms in total. The maximum atomic E-state index is 12.8. The fourth-order valence-electron chi connectivity index (χ4n) is 2.47. The predicted molar refractivity (Wildman–Crippen MR) is 78.8 cm³/mol. The van der Waals surface area contributed by atoms with Gasteiger partial charge in [-0.15, -0.1) is 10.2 Å². The summed E-state index contributed by atoms with van der Waals surface area (Å²) in [4.78, 5) is 14.4. The molecule has 2 aromatic rings. The molecule has 0 aliphatic carbocycles. The molecule has 124 valence electrons. The Morgan fingerprint density at radius 1 is 1.48 bits per heavy atom. The second-order valence-corrected chi connectivity index (χ2v) is 5.67. The lowest BCUT2D eigenvalue weighted by atomic mass is 10.1. The Morgan fingerprint density at radius 3 is 3.00 bits per heavy atom. The minimum absolute atomic E-state index is 0.225. The van der Waals surface area contributed by atoms with E-state index in [1.165, 1.54) is 0 Å². The molecular weight excluding hydrogens is 300 g/mol. The van der Waals surface area contributed by atoms with Crippen LogP contribution in [0, 0.1) is 6.92 Å². The number of nitrogens with zero attached hydrogens (tertiary/aromatic N) is 4. The molecule has 3 rings (SSSR count). The van der Waals surface area contributed by atoms with E-state index in [4.69, 9.17) is 13.7 Å². The summed E-state index contributed by atoms with van der Waals surface area (Å²) in [6.07, 6.45) is 0.932. The number of morpholine rings is 1. The first kappa shape index (κ1) is 15.7. The molecular formula is C15H20N4O4. The van der Waals surface area contributed by atoms with Crippen LogP contribution in [-0.2, 0) is 4.74 Å². The lowest BCUT2D eigenvalue weighted by Gasteiger charge is -2.32. The molecule has 3 heterocycles. The third-order valence-electron chi connectivity index (χ3n) is 4.07. The van der Waals surface area contributed by atoms with Gasteiger partial charge in [0, 0.05) is 25.5 Å². The minimum Gasteiger partial charge on any atom is -0.423 e. The van der Waals surface area contributed by atoms with E-state index in [0.717, 1.165) is 12.1 Å². The van der Waals surface area contributed by atoms with Crippen molar-refractivity contribution in [2.75, 3.05) is 19.8 Å². The molecule has 0 unspecified atom stereocenters. The molecule has 0 spiro atoms. The quantitative estimate of drug-likeness (QED) is 0.851. The van der Waals surface area contributed by atoms with Crippen molar-refractivity contribution in [3.8, 4) is 0 Å². The Morgan fingerprint density at radius 2 is 2.30 bits per heavy atom. The number of hydrogen-bond donors (Lipinski definition) is 0. The van der Waals surface area contributed by atoms with E-state index in [2.05, 4.69) is 22.3 Å². The van der Waals surface area contributed by atoms with E-state index in [1.807, 2.05) is 6.92 Å². The predicted octanol–water partition coefficient (Wildman–Crippen LogP) is 2.09. The lowest BCUT2D eigenvalue weighted by molar-refractivity contribution is -0.0124. The molecule has 1 aliphatic rings. The van der Waals surface area contributed by atoms with Gasteiger partial charge in [-0.2, -0.15) is 0 Å². The standard InChI is InChI=1S/C15H20N4O4/c1-4-9(2)11-7-13(23-18-11)15(20)19-5-6-21-8-12(19)14-17-16-10(3)22-14/h7,9,12H,4-6,8H2,1-3H3/t9-,12+/m0/s1. The van der Waals surface area contributed by atoms with Crippen LogP contribution in [0.2, 0.25) is 0 Å². The van der Waals surface area contributed by atoms with Crippen molar-refractivity contribution in [2.45, 2.75) is 39.2 Å². The maximum absolute atomic E-state index is 12.8. The molecule has 1 saturated heterocycles. The molecule has 8 heteroatoms. The van der Waals surface area contributed by atoms with Crippen LogP contribution < -0.4 is 0 Å². The molecule has 0 N–H and O–H groups in total. The van der Waals surface area contributed by atoms with Gasteiger partial charge in [0.05, 0.1) is 18.9 Å². The number of amides is 1. The monoisotopic (exact) mass is 320 g/mol. The Kier molecular flexibility index (Phi) is 4.42. The maximum Gasteiger partial charge on any atom is 0.293 e. The van der Waals surface area contributed by atoms with Gasteiger partial charge in [0.1, 0.15) is 6.04 Å². The number of ether oxygens (including phenoxy) is 1. The highest BCUT2D eigenvalue weighted by Gasteiger charge is 2.34. The summed E-state index contributed by atoms with van der Waals surface area (Å²) < 4.78 is 16.2. The SMILES string of the molecule is CC[C@H](C)c1cc(C(=O)N2CCOC[C@@H]2c2nnc(C)o2)on1. The van der Waals surface area contributed by atoms with Gasteiger partial charge < -0.3 is 18.6 Å². The first-order valence-corrected chi connectivity index (χ1v) is 7.75. The van der Waals surface area contributed by atoms with Gasteiger partial charge in [0.15, 0.2) is 0 Å². The summed E-state index contributed by atoms with van der Waals surface area (Å²) in [6, 6.07) is 1.30. The van der Waals surface area contributed by atoms with Gasteiger partial charge in [-0.05, 0) is 6.42 Å². The van der Waals surface area contributed by atoms with E-state index in [1.54, 1.807) is 17.9 Å². The van der Waals surface area contributed by atoms with Gasteiger partial charge in [-0.25, -0.2) is 0 Å². The van der Waals surface area contributed by atoms with Crippen LogP contribution in [-0.4, -0.2) is 45.9 Å².